The van der Waals surface area contributed by atoms with E-state index in [9.17, 15) is 4.79 Å². The minimum absolute atomic E-state index is 0.319. The lowest BCUT2D eigenvalue weighted by Crippen LogP contribution is -2.30. The van der Waals surface area contributed by atoms with Gasteiger partial charge >= 0.3 is 5.97 Å². The number of carbonyl (C=O) groups excluding carboxylic acids is 1. The van der Waals surface area contributed by atoms with Crippen LogP contribution in [0.3, 0.4) is 0 Å². The van der Waals surface area contributed by atoms with Gasteiger partial charge in [-0.2, -0.15) is 4.68 Å². The van der Waals surface area contributed by atoms with E-state index in [-0.39, 0.29) is 5.97 Å². The standard InChI is InChI=1S/C18H16BrN5O2S/c1-9-13(17(25)26-8-10-6-7-10)15(24-18(20-9)21-22-23-24)14-11-4-2-3-5-12(11)27-16(14)19/h2-5,10,15H,6-8H2,1H3,(H,20,21,23). The molecule has 3 heterocycles. The van der Waals surface area contributed by atoms with Gasteiger partial charge < -0.3 is 10.1 Å². The van der Waals surface area contributed by atoms with Crippen molar-refractivity contribution in [2.75, 3.05) is 11.9 Å². The molecule has 1 aliphatic carbocycles. The van der Waals surface area contributed by atoms with E-state index in [0.29, 0.717) is 29.7 Å². The van der Waals surface area contributed by atoms with Gasteiger partial charge in [-0.1, -0.05) is 23.3 Å². The zero-order valence-electron chi connectivity index (χ0n) is 14.5. The van der Waals surface area contributed by atoms with E-state index < -0.39 is 6.04 Å². The van der Waals surface area contributed by atoms with E-state index >= 15 is 0 Å². The minimum Gasteiger partial charge on any atom is -0.462 e. The summed E-state index contributed by atoms with van der Waals surface area (Å²) in [6, 6.07) is 7.67. The molecule has 2 aliphatic rings. The Balaban J connectivity index is 1.66. The molecule has 1 aromatic carbocycles. The molecular weight excluding hydrogens is 430 g/mol. The first-order valence-corrected chi connectivity index (χ1v) is 10.3. The second-order valence-electron chi connectivity index (χ2n) is 6.84. The predicted octanol–water partition coefficient (Wildman–Crippen LogP) is 3.89. The molecule has 1 unspecified atom stereocenters. The lowest BCUT2D eigenvalue weighted by molar-refractivity contribution is -0.140. The number of fused-ring (bicyclic) bond motifs is 2. The smallest absolute Gasteiger partial charge is 0.338 e. The fourth-order valence-electron chi connectivity index (χ4n) is 3.39. The Morgan fingerprint density at radius 3 is 3.04 bits per heavy atom. The number of carbonyl (C=O) groups is 1. The highest BCUT2D eigenvalue weighted by Crippen LogP contribution is 2.45. The first-order valence-electron chi connectivity index (χ1n) is 8.73. The maximum absolute atomic E-state index is 13.0. The number of nitrogens with one attached hydrogen (secondary N) is 1. The summed E-state index contributed by atoms with van der Waals surface area (Å²) in [5.41, 5.74) is 2.23. The van der Waals surface area contributed by atoms with Crippen molar-refractivity contribution >= 4 is 49.3 Å². The van der Waals surface area contributed by atoms with Crippen LogP contribution < -0.4 is 5.32 Å². The molecule has 27 heavy (non-hydrogen) atoms. The molecule has 7 nitrogen and oxygen atoms in total. The van der Waals surface area contributed by atoms with Gasteiger partial charge in [0.05, 0.1) is 16.0 Å². The van der Waals surface area contributed by atoms with Gasteiger partial charge in [0.1, 0.15) is 6.04 Å². The minimum atomic E-state index is -0.450. The summed E-state index contributed by atoms with van der Waals surface area (Å²) in [5, 5.41) is 16.2. The Hall–Kier alpha value is -2.26. The highest BCUT2D eigenvalue weighted by atomic mass is 79.9. The van der Waals surface area contributed by atoms with Gasteiger partial charge in [-0.05, 0) is 63.5 Å². The first-order chi connectivity index (χ1) is 13.1. The fourth-order valence-corrected chi connectivity index (χ4v) is 5.30. The van der Waals surface area contributed by atoms with Crippen molar-refractivity contribution in [2.45, 2.75) is 25.8 Å². The Morgan fingerprint density at radius 2 is 2.22 bits per heavy atom. The monoisotopic (exact) mass is 445 g/mol. The van der Waals surface area contributed by atoms with Gasteiger partial charge in [0.2, 0.25) is 5.95 Å². The number of aromatic nitrogens is 4. The van der Waals surface area contributed by atoms with Crippen LogP contribution in [-0.2, 0) is 9.53 Å². The van der Waals surface area contributed by atoms with E-state index in [1.54, 1.807) is 16.0 Å². The molecule has 138 valence electrons. The van der Waals surface area contributed by atoms with Crippen LogP contribution in [0, 0.1) is 5.92 Å². The first kappa shape index (κ1) is 16.9. The lowest BCUT2D eigenvalue weighted by Gasteiger charge is -2.27. The molecule has 0 amide bonds. The van der Waals surface area contributed by atoms with Crippen LogP contribution in [0.15, 0.2) is 39.3 Å². The number of hydrogen-bond acceptors (Lipinski definition) is 7. The molecule has 0 bridgehead atoms. The molecular formula is C18H16BrN5O2S. The highest BCUT2D eigenvalue weighted by molar-refractivity contribution is 9.11. The number of tetrazole rings is 1. The molecule has 0 radical (unpaired) electrons. The average molecular weight is 446 g/mol. The Bertz CT molecular complexity index is 1080. The van der Waals surface area contributed by atoms with Crippen LogP contribution >= 0.6 is 27.3 Å². The number of benzene rings is 1. The van der Waals surface area contributed by atoms with E-state index in [1.165, 1.54) is 0 Å². The van der Waals surface area contributed by atoms with Crippen molar-refractivity contribution in [1.29, 1.82) is 0 Å². The molecule has 0 spiro atoms. The summed E-state index contributed by atoms with van der Waals surface area (Å²) in [6.45, 7) is 2.33. The van der Waals surface area contributed by atoms with Crippen molar-refractivity contribution in [1.82, 2.24) is 20.2 Å². The summed E-state index contributed by atoms with van der Waals surface area (Å²) in [6.07, 6.45) is 2.26. The number of hydrogen-bond donors (Lipinski definition) is 1. The normalized spacial score (nSPS) is 19.1. The van der Waals surface area contributed by atoms with E-state index in [4.69, 9.17) is 4.74 Å². The highest BCUT2D eigenvalue weighted by Gasteiger charge is 2.38. The van der Waals surface area contributed by atoms with Crippen LogP contribution in [-0.4, -0.2) is 32.8 Å². The topological polar surface area (TPSA) is 81.9 Å². The van der Waals surface area contributed by atoms with Crippen LogP contribution in [0.4, 0.5) is 5.95 Å². The Morgan fingerprint density at radius 1 is 1.41 bits per heavy atom. The number of rotatable bonds is 4. The van der Waals surface area contributed by atoms with Gasteiger partial charge in [-0.25, -0.2) is 4.79 Å². The number of nitrogens with zero attached hydrogens (tertiary/aromatic N) is 4. The lowest BCUT2D eigenvalue weighted by atomic mass is 9.95. The summed E-state index contributed by atoms with van der Waals surface area (Å²) >= 11 is 5.33. The van der Waals surface area contributed by atoms with Crippen LogP contribution in [0.1, 0.15) is 31.4 Å². The van der Waals surface area contributed by atoms with Crippen LogP contribution in [0.2, 0.25) is 0 Å². The summed E-state index contributed by atoms with van der Waals surface area (Å²) in [5.74, 6) is 0.695. The van der Waals surface area contributed by atoms with Crippen LogP contribution in [0.5, 0.6) is 0 Å². The Labute approximate surface area is 167 Å². The molecule has 1 N–H and O–H groups in total. The number of allylic oxidation sites excluding steroid dienone is 1. The van der Waals surface area contributed by atoms with Gasteiger partial charge in [-0.15, -0.1) is 11.3 Å². The van der Waals surface area contributed by atoms with Gasteiger partial charge in [0.25, 0.3) is 0 Å². The molecule has 3 aromatic rings. The summed E-state index contributed by atoms with van der Waals surface area (Å²) < 4.78 is 9.36. The predicted molar refractivity (Wildman–Crippen MR) is 105 cm³/mol. The summed E-state index contributed by atoms with van der Waals surface area (Å²) in [4.78, 5) is 13.0. The van der Waals surface area contributed by atoms with E-state index in [2.05, 4.69) is 48.9 Å². The third kappa shape index (κ3) is 2.85. The summed E-state index contributed by atoms with van der Waals surface area (Å²) in [7, 11) is 0. The maximum Gasteiger partial charge on any atom is 0.338 e. The van der Waals surface area contributed by atoms with Crippen LogP contribution in [0.25, 0.3) is 10.1 Å². The number of ether oxygens (including phenoxy) is 1. The third-order valence-corrected chi connectivity index (χ3v) is 6.83. The van der Waals surface area contributed by atoms with Gasteiger partial charge in [0, 0.05) is 16.0 Å². The molecule has 2 aromatic heterocycles. The zero-order valence-corrected chi connectivity index (χ0v) is 16.9. The largest absolute Gasteiger partial charge is 0.462 e. The van der Waals surface area contributed by atoms with Crippen molar-refractivity contribution < 1.29 is 9.53 Å². The average Bonchev–Trinajstić information content (AvgIpc) is 3.26. The SMILES string of the molecule is CC1=C(C(=O)OCC2CC2)C(c2c(Br)sc3ccccc23)n2nnnc2N1. The second-order valence-corrected chi connectivity index (χ2v) is 9.21. The van der Waals surface area contributed by atoms with E-state index in [0.717, 1.165) is 32.3 Å². The molecule has 5 rings (SSSR count). The molecule has 1 atom stereocenters. The van der Waals surface area contributed by atoms with E-state index in [1.807, 2.05) is 19.1 Å². The van der Waals surface area contributed by atoms with Crippen molar-refractivity contribution in [3.63, 3.8) is 0 Å². The fraction of sp³-hybridized carbons (Fsp3) is 0.333. The maximum atomic E-state index is 13.0. The number of thiophene rings is 1. The molecule has 0 saturated heterocycles. The molecule has 9 heteroatoms. The third-order valence-electron chi connectivity index (χ3n) is 4.94. The quantitative estimate of drug-likeness (QED) is 0.613. The van der Waals surface area contributed by atoms with Crippen molar-refractivity contribution in [3.05, 3.63) is 44.9 Å². The molecule has 1 aliphatic heterocycles. The Kier molecular flexibility index (Phi) is 4.01. The number of esters is 1. The van der Waals surface area contributed by atoms with Gasteiger partial charge in [-0.3, -0.25) is 0 Å². The zero-order chi connectivity index (χ0) is 18.5. The van der Waals surface area contributed by atoms with Crippen molar-refractivity contribution in [2.24, 2.45) is 5.92 Å². The number of anilines is 1. The number of halogens is 1. The van der Waals surface area contributed by atoms with Crippen molar-refractivity contribution in [3.8, 4) is 0 Å². The second kappa shape index (κ2) is 6.42. The van der Waals surface area contributed by atoms with Gasteiger partial charge in [0.15, 0.2) is 0 Å². The molecule has 1 fully saturated rings. The molecule has 1 saturated carbocycles.